The van der Waals surface area contributed by atoms with Crippen molar-refractivity contribution in [3.63, 3.8) is 0 Å². The molecule has 6 amide bonds. The first-order valence-electron chi connectivity index (χ1n) is 18.6. The molecule has 5 unspecified atom stereocenters. The van der Waals surface area contributed by atoms with Crippen molar-refractivity contribution in [1.29, 1.82) is 0 Å². The Morgan fingerprint density at radius 1 is 0.627 bits per heavy atom. The summed E-state index contributed by atoms with van der Waals surface area (Å²) in [5.74, 6) is -3.35. The Morgan fingerprint density at radius 3 is 1.34 bits per heavy atom. The third-order valence-electron chi connectivity index (χ3n) is 9.79. The summed E-state index contributed by atoms with van der Waals surface area (Å²) >= 11 is 0. The second-order valence-corrected chi connectivity index (χ2v) is 14.1. The third-order valence-corrected chi connectivity index (χ3v) is 9.79. The maximum Gasteiger partial charge on any atom is 0.255 e. The molecule has 21 nitrogen and oxygen atoms in total. The van der Waals surface area contributed by atoms with Gasteiger partial charge < -0.3 is 76.7 Å². The molecule has 59 heavy (non-hydrogen) atoms. The molecule has 0 spiro atoms. The van der Waals surface area contributed by atoms with Gasteiger partial charge in [0.1, 0.15) is 6.10 Å². The number of aliphatic hydroxyl groups is 8. The monoisotopic (exact) mass is 834 g/mol. The fourth-order valence-corrected chi connectivity index (χ4v) is 6.94. The van der Waals surface area contributed by atoms with E-state index in [2.05, 4.69) is 21.3 Å². The van der Waals surface area contributed by atoms with Crippen LogP contribution in [0.4, 0.5) is 11.4 Å². The van der Waals surface area contributed by atoms with Gasteiger partial charge in [0, 0.05) is 42.9 Å². The van der Waals surface area contributed by atoms with Crippen LogP contribution >= 0.6 is 0 Å². The van der Waals surface area contributed by atoms with Crippen molar-refractivity contribution in [2.75, 3.05) is 75.5 Å². The number of nitrogens with zero attached hydrogens (tertiary/aromatic N) is 2. The van der Waals surface area contributed by atoms with E-state index in [0.29, 0.717) is 12.8 Å². The van der Waals surface area contributed by atoms with Gasteiger partial charge in [-0.3, -0.25) is 28.8 Å². The Hall–Kier alpha value is -5.26. The highest BCUT2D eigenvalue weighted by molar-refractivity contribution is 6.09. The van der Waals surface area contributed by atoms with Gasteiger partial charge in [-0.2, -0.15) is 0 Å². The Balaban J connectivity index is 2.23. The number of benzene rings is 2. The first-order chi connectivity index (χ1) is 27.9. The van der Waals surface area contributed by atoms with Gasteiger partial charge in [-0.1, -0.05) is 0 Å². The van der Waals surface area contributed by atoms with Gasteiger partial charge in [-0.25, -0.2) is 0 Å². The average Bonchev–Trinajstić information content (AvgIpc) is 3.21. The van der Waals surface area contributed by atoms with E-state index in [1.54, 1.807) is 0 Å². The Morgan fingerprint density at radius 2 is 0.983 bits per heavy atom. The molecule has 0 saturated heterocycles. The van der Waals surface area contributed by atoms with Crippen LogP contribution in [0.1, 0.15) is 69.2 Å². The zero-order valence-electron chi connectivity index (χ0n) is 33.4. The summed E-state index contributed by atoms with van der Waals surface area (Å²) in [7, 11) is 0. The van der Waals surface area contributed by atoms with E-state index in [0.717, 1.165) is 9.80 Å². The number of anilines is 2. The highest BCUT2D eigenvalue weighted by Crippen LogP contribution is 2.44. The molecule has 5 atom stereocenters. The third kappa shape index (κ3) is 11.1. The summed E-state index contributed by atoms with van der Waals surface area (Å²) in [5, 5.41) is 86.7. The maximum atomic E-state index is 13.8. The first-order valence-corrected chi connectivity index (χ1v) is 18.6. The predicted octanol–water partition coefficient (Wildman–Crippen LogP) is -4.05. The topological polar surface area (TPSA) is 328 Å². The maximum absolute atomic E-state index is 13.8. The Labute approximate surface area is 339 Å². The van der Waals surface area contributed by atoms with Gasteiger partial charge in [0.05, 0.1) is 80.9 Å². The van der Waals surface area contributed by atoms with Crippen LogP contribution in [0.25, 0.3) is 0 Å². The second-order valence-electron chi connectivity index (χ2n) is 14.1. The molecule has 1 aliphatic rings. The number of ether oxygens (including phenoxy) is 1. The molecule has 0 saturated carbocycles. The number of fused-ring (bicyclic) bond motifs is 1. The molecule has 326 valence electrons. The van der Waals surface area contributed by atoms with E-state index in [4.69, 9.17) is 4.74 Å². The molecule has 0 aromatic heterocycles. The highest BCUT2D eigenvalue weighted by atomic mass is 16.5. The van der Waals surface area contributed by atoms with E-state index < -0.39 is 87.1 Å². The fourth-order valence-electron chi connectivity index (χ4n) is 6.94. The summed E-state index contributed by atoms with van der Waals surface area (Å²) in [6.07, 6.45) is -5.58. The van der Waals surface area contributed by atoms with Crippen LogP contribution in [0.2, 0.25) is 0 Å². The molecule has 0 fully saturated rings. The van der Waals surface area contributed by atoms with Crippen molar-refractivity contribution in [3.8, 4) is 5.75 Å². The standard InChI is InChI=1S/C38H54N6O15/c1-18-28(35(55)39-6-23(51)12-45)20(3)32(21(4)29(18)36(56)40-7-24(52)13-46)43(16-49)10-27-11-44(17-50)33-22(5)30(37(57)41-8-25(53)14-47)19(2)31(34(33)59-27)38(58)42-9-26(54)15-48/h16-17,23-27,45-48,51-54H,6-15H2,1-5H3,(H,39,55)(H,40,56)(H,41,57)(H,42,58). The van der Waals surface area contributed by atoms with E-state index >= 15 is 0 Å². The average molecular weight is 835 g/mol. The molecule has 12 N–H and O–H groups in total. The van der Waals surface area contributed by atoms with E-state index in [1.807, 2.05) is 0 Å². The van der Waals surface area contributed by atoms with Crippen LogP contribution in [-0.2, 0) is 9.59 Å². The molecule has 2 aromatic carbocycles. The van der Waals surface area contributed by atoms with Crippen molar-refractivity contribution >= 4 is 47.8 Å². The smallest absolute Gasteiger partial charge is 0.255 e. The molecule has 1 heterocycles. The molecule has 1 aliphatic heterocycles. The lowest BCUT2D eigenvalue weighted by Gasteiger charge is -2.38. The van der Waals surface area contributed by atoms with Crippen LogP contribution in [0.5, 0.6) is 5.75 Å². The first kappa shape index (κ1) is 48.1. The number of aliphatic hydroxyl groups excluding tert-OH is 8. The molecule has 21 heteroatoms. The van der Waals surface area contributed by atoms with Crippen molar-refractivity contribution in [2.45, 2.75) is 65.1 Å². The van der Waals surface area contributed by atoms with Crippen molar-refractivity contribution in [3.05, 3.63) is 50.1 Å². The number of amides is 6. The number of carbonyl (C=O) groups is 6. The summed E-state index contributed by atoms with van der Waals surface area (Å²) < 4.78 is 6.39. The van der Waals surface area contributed by atoms with Gasteiger partial charge in [-0.15, -0.1) is 0 Å². The van der Waals surface area contributed by atoms with Crippen molar-refractivity contribution < 1.29 is 74.4 Å². The number of hydrogen-bond acceptors (Lipinski definition) is 15. The number of hydrogen-bond donors (Lipinski definition) is 12. The lowest BCUT2D eigenvalue weighted by atomic mass is 9.89. The van der Waals surface area contributed by atoms with Gasteiger partial charge in [0.2, 0.25) is 12.8 Å². The Bertz CT molecular complexity index is 1840. The number of carbonyl (C=O) groups excluding carboxylic acids is 6. The summed E-state index contributed by atoms with van der Waals surface area (Å²) in [6, 6.07) is 0. The number of nitrogens with one attached hydrogen (secondary N) is 4. The fraction of sp³-hybridized carbons (Fsp3) is 0.526. The molecule has 3 rings (SSSR count). The molecule has 2 aromatic rings. The lowest BCUT2D eigenvalue weighted by molar-refractivity contribution is -0.108. The predicted molar refractivity (Wildman–Crippen MR) is 210 cm³/mol. The molecular formula is C38H54N6O15. The zero-order chi connectivity index (χ0) is 44.3. The molecular weight excluding hydrogens is 780 g/mol. The largest absolute Gasteiger partial charge is 0.484 e. The van der Waals surface area contributed by atoms with Crippen LogP contribution in [-0.4, -0.2) is 174 Å². The van der Waals surface area contributed by atoms with Gasteiger partial charge in [0.25, 0.3) is 23.6 Å². The van der Waals surface area contributed by atoms with Crippen LogP contribution < -0.4 is 35.8 Å². The molecule has 0 bridgehead atoms. The highest BCUT2D eigenvalue weighted by Gasteiger charge is 2.38. The summed E-state index contributed by atoms with van der Waals surface area (Å²) in [6.45, 7) is 2.64. The van der Waals surface area contributed by atoms with Gasteiger partial charge in [0.15, 0.2) is 5.75 Å². The van der Waals surface area contributed by atoms with Gasteiger partial charge >= 0.3 is 0 Å². The second kappa shape index (κ2) is 21.7. The minimum Gasteiger partial charge on any atom is -0.484 e. The SMILES string of the molecule is Cc1c(C(=O)NCC(O)CO)c(C)c(N(C=O)CC2CN(C=O)c3c(C)c(C(=O)NCC(O)CO)c(C)c(C(=O)NCC(O)CO)c3O2)c(C)c1C(=O)NCC(O)CO. The van der Waals surface area contributed by atoms with Crippen LogP contribution in [0.15, 0.2) is 0 Å². The molecule has 0 radical (unpaired) electrons. The Kier molecular flexibility index (Phi) is 17.7. The van der Waals surface area contributed by atoms with Gasteiger partial charge in [-0.05, 0) is 62.4 Å². The van der Waals surface area contributed by atoms with E-state index in [9.17, 15) is 69.6 Å². The van der Waals surface area contributed by atoms with E-state index in [-0.39, 0.29) is 99.9 Å². The zero-order valence-corrected chi connectivity index (χ0v) is 33.4. The van der Waals surface area contributed by atoms with Crippen molar-refractivity contribution in [1.82, 2.24) is 21.3 Å². The minimum atomic E-state index is -1.36. The number of rotatable bonds is 21. The van der Waals surface area contributed by atoms with Crippen LogP contribution in [0.3, 0.4) is 0 Å². The summed E-state index contributed by atoms with van der Waals surface area (Å²) in [4.78, 5) is 82.6. The quantitative estimate of drug-likeness (QED) is 0.0533. The summed E-state index contributed by atoms with van der Waals surface area (Å²) in [5.41, 5.74) is 0.460. The van der Waals surface area contributed by atoms with E-state index in [1.165, 1.54) is 34.6 Å². The van der Waals surface area contributed by atoms with Crippen molar-refractivity contribution in [2.24, 2.45) is 0 Å². The molecule has 0 aliphatic carbocycles. The normalized spacial score (nSPS) is 15.5. The van der Waals surface area contributed by atoms with Crippen LogP contribution in [0, 0.1) is 34.6 Å². The minimum absolute atomic E-state index is 0.0101. The lowest BCUT2D eigenvalue weighted by Crippen LogP contribution is -2.48.